The van der Waals surface area contributed by atoms with Gasteiger partial charge in [-0.2, -0.15) is 0 Å². The molecule has 0 radical (unpaired) electrons. The maximum atomic E-state index is 12.3. The Bertz CT molecular complexity index is 811. The van der Waals surface area contributed by atoms with Crippen molar-refractivity contribution in [2.24, 2.45) is 23.5 Å². The number of fused-ring (bicyclic) bond motifs is 2. The van der Waals surface area contributed by atoms with Gasteiger partial charge in [0, 0.05) is 31.3 Å². The third-order valence-corrected chi connectivity index (χ3v) is 6.80. The Morgan fingerprint density at radius 3 is 2.65 bits per heavy atom. The quantitative estimate of drug-likeness (QED) is 0.353. The number of nitro groups is 1. The second-order valence-corrected chi connectivity index (χ2v) is 8.65. The summed E-state index contributed by atoms with van der Waals surface area (Å²) in [7, 11) is -3.88. The van der Waals surface area contributed by atoms with Crippen molar-refractivity contribution in [3.05, 3.63) is 34.4 Å². The first kappa shape index (κ1) is 18.7. The highest BCUT2D eigenvalue weighted by atomic mass is 32.2. The van der Waals surface area contributed by atoms with Crippen LogP contribution in [0, 0.1) is 27.9 Å². The highest BCUT2D eigenvalue weighted by molar-refractivity contribution is 7.89. The van der Waals surface area contributed by atoms with E-state index >= 15 is 0 Å². The minimum absolute atomic E-state index is 0.00712. The van der Waals surface area contributed by atoms with Crippen LogP contribution in [-0.2, 0) is 14.8 Å². The van der Waals surface area contributed by atoms with Gasteiger partial charge in [0.1, 0.15) is 0 Å². The van der Waals surface area contributed by atoms with E-state index in [1.165, 1.54) is 18.2 Å². The number of rotatable bonds is 7. The van der Waals surface area contributed by atoms with E-state index in [2.05, 4.69) is 10.0 Å². The summed E-state index contributed by atoms with van der Waals surface area (Å²) in [6.07, 6.45) is 3.10. The fourth-order valence-corrected chi connectivity index (χ4v) is 5.13. The Kier molecular flexibility index (Phi) is 5.26. The van der Waals surface area contributed by atoms with Crippen molar-refractivity contribution < 1.29 is 18.1 Å². The molecule has 2 aliphatic carbocycles. The Hall–Kier alpha value is -2.04. The standard InChI is InChI=1S/C16H22N4O5S/c17-15-11-5-4-10(8-11)14(15)16(21)18-6-7-19-26(24,25)13-3-1-2-12(9-13)20(22)23/h1-3,9-11,14-15,19H,4-8,17H2,(H,18,21). The van der Waals surface area contributed by atoms with Gasteiger partial charge in [0.25, 0.3) is 5.69 Å². The predicted octanol–water partition coefficient (Wildman–Crippen LogP) is 0.363. The van der Waals surface area contributed by atoms with E-state index in [-0.39, 0.29) is 41.5 Å². The summed E-state index contributed by atoms with van der Waals surface area (Å²) >= 11 is 0. The predicted molar refractivity (Wildman–Crippen MR) is 93.6 cm³/mol. The van der Waals surface area contributed by atoms with E-state index < -0.39 is 14.9 Å². The van der Waals surface area contributed by atoms with Crippen LogP contribution in [0.2, 0.25) is 0 Å². The molecule has 1 aromatic carbocycles. The van der Waals surface area contributed by atoms with Crippen molar-refractivity contribution in [3.8, 4) is 0 Å². The van der Waals surface area contributed by atoms with Gasteiger partial charge in [-0.25, -0.2) is 13.1 Å². The first-order valence-corrected chi connectivity index (χ1v) is 10.1. The van der Waals surface area contributed by atoms with Crippen LogP contribution in [0.5, 0.6) is 0 Å². The zero-order valence-corrected chi connectivity index (χ0v) is 14.9. The first-order chi connectivity index (χ1) is 12.3. The molecular formula is C16H22N4O5S. The van der Waals surface area contributed by atoms with Gasteiger partial charge in [-0.05, 0) is 37.2 Å². The Morgan fingerprint density at radius 1 is 1.27 bits per heavy atom. The van der Waals surface area contributed by atoms with Crippen LogP contribution in [0.25, 0.3) is 0 Å². The lowest BCUT2D eigenvalue weighted by atomic mass is 9.84. The number of carbonyl (C=O) groups excluding carboxylic acids is 1. The summed E-state index contributed by atoms with van der Waals surface area (Å²) in [5.41, 5.74) is 5.83. The Morgan fingerprint density at radius 2 is 2.00 bits per heavy atom. The molecular weight excluding hydrogens is 360 g/mol. The van der Waals surface area contributed by atoms with Gasteiger partial charge in [-0.15, -0.1) is 0 Å². The van der Waals surface area contributed by atoms with E-state index in [1.54, 1.807) is 0 Å². The molecule has 3 rings (SSSR count). The van der Waals surface area contributed by atoms with Crippen molar-refractivity contribution >= 4 is 21.6 Å². The fraction of sp³-hybridized carbons (Fsp3) is 0.562. The zero-order chi connectivity index (χ0) is 18.9. The first-order valence-electron chi connectivity index (χ1n) is 8.57. The van der Waals surface area contributed by atoms with Gasteiger partial charge in [-0.3, -0.25) is 14.9 Å². The van der Waals surface area contributed by atoms with Crippen molar-refractivity contribution in [1.29, 1.82) is 0 Å². The summed E-state index contributed by atoms with van der Waals surface area (Å²) < 4.78 is 26.7. The number of hydrogen-bond donors (Lipinski definition) is 3. The lowest BCUT2D eigenvalue weighted by Gasteiger charge is -2.27. The van der Waals surface area contributed by atoms with Crippen LogP contribution in [0.4, 0.5) is 5.69 Å². The van der Waals surface area contributed by atoms with Crippen LogP contribution in [0.3, 0.4) is 0 Å². The largest absolute Gasteiger partial charge is 0.354 e. The summed E-state index contributed by atoms with van der Waals surface area (Å²) in [6.45, 7) is 0.125. The molecule has 4 atom stereocenters. The van der Waals surface area contributed by atoms with Gasteiger partial charge >= 0.3 is 0 Å². The molecule has 0 heterocycles. The average Bonchev–Trinajstić information content (AvgIpc) is 3.20. The molecule has 0 saturated heterocycles. The number of amides is 1. The molecule has 4 N–H and O–H groups in total. The molecule has 1 amide bonds. The number of sulfonamides is 1. The smallest absolute Gasteiger partial charge is 0.270 e. The molecule has 0 aliphatic heterocycles. The maximum absolute atomic E-state index is 12.3. The highest BCUT2D eigenvalue weighted by Crippen LogP contribution is 2.47. The number of nitrogens with one attached hydrogen (secondary N) is 2. The lowest BCUT2D eigenvalue weighted by molar-refractivity contribution is -0.385. The number of carbonyl (C=O) groups is 1. The van der Waals surface area contributed by atoms with Crippen molar-refractivity contribution in [2.45, 2.75) is 30.2 Å². The van der Waals surface area contributed by atoms with Crippen LogP contribution in [0.15, 0.2) is 29.2 Å². The molecule has 10 heteroatoms. The highest BCUT2D eigenvalue weighted by Gasteiger charge is 2.48. The summed E-state index contributed by atoms with van der Waals surface area (Å²) in [4.78, 5) is 22.2. The van der Waals surface area contributed by atoms with Gasteiger partial charge < -0.3 is 11.1 Å². The van der Waals surface area contributed by atoms with Gasteiger partial charge in [0.2, 0.25) is 15.9 Å². The molecule has 4 unspecified atom stereocenters. The number of hydrogen-bond acceptors (Lipinski definition) is 6. The van der Waals surface area contributed by atoms with Crippen LogP contribution in [0.1, 0.15) is 19.3 Å². The van der Waals surface area contributed by atoms with Crippen molar-refractivity contribution in [2.75, 3.05) is 13.1 Å². The number of nitrogens with two attached hydrogens (primary N) is 1. The molecule has 0 aromatic heterocycles. The fourth-order valence-electron chi connectivity index (χ4n) is 4.06. The minimum atomic E-state index is -3.88. The third kappa shape index (κ3) is 3.71. The van der Waals surface area contributed by atoms with E-state index in [4.69, 9.17) is 5.73 Å². The molecule has 26 heavy (non-hydrogen) atoms. The average molecular weight is 382 g/mol. The molecule has 2 aliphatic rings. The normalized spacial score (nSPS) is 27.4. The van der Waals surface area contributed by atoms with Crippen molar-refractivity contribution in [3.63, 3.8) is 0 Å². The number of nitrogens with zero attached hydrogens (tertiary/aromatic N) is 1. The molecule has 2 saturated carbocycles. The van der Waals surface area contributed by atoms with Crippen LogP contribution < -0.4 is 15.8 Å². The van der Waals surface area contributed by atoms with Gasteiger partial charge in [0.15, 0.2) is 0 Å². The molecule has 142 valence electrons. The second-order valence-electron chi connectivity index (χ2n) is 6.88. The van der Waals surface area contributed by atoms with Crippen LogP contribution in [-0.4, -0.2) is 38.4 Å². The summed E-state index contributed by atoms with van der Waals surface area (Å²) in [6, 6.07) is 4.69. The number of nitro benzene ring substituents is 1. The van der Waals surface area contributed by atoms with E-state index in [0.29, 0.717) is 11.8 Å². The molecule has 9 nitrogen and oxygen atoms in total. The van der Waals surface area contributed by atoms with Gasteiger partial charge in [0.05, 0.1) is 15.7 Å². The van der Waals surface area contributed by atoms with E-state index in [1.807, 2.05) is 0 Å². The third-order valence-electron chi connectivity index (χ3n) is 5.34. The summed E-state index contributed by atoms with van der Waals surface area (Å²) in [5, 5.41) is 13.5. The maximum Gasteiger partial charge on any atom is 0.270 e. The van der Waals surface area contributed by atoms with E-state index in [0.717, 1.165) is 25.3 Å². The van der Waals surface area contributed by atoms with E-state index in [9.17, 15) is 23.3 Å². The molecule has 2 bridgehead atoms. The Balaban J connectivity index is 1.51. The topological polar surface area (TPSA) is 144 Å². The Labute approximate surface area is 151 Å². The lowest BCUT2D eigenvalue weighted by Crippen LogP contribution is -2.46. The van der Waals surface area contributed by atoms with Crippen molar-refractivity contribution in [1.82, 2.24) is 10.0 Å². The minimum Gasteiger partial charge on any atom is -0.354 e. The monoisotopic (exact) mass is 382 g/mol. The SMILES string of the molecule is NC1C2CCC(C2)C1C(=O)NCCNS(=O)(=O)c1cccc([N+](=O)[O-])c1. The zero-order valence-electron chi connectivity index (χ0n) is 14.1. The van der Waals surface area contributed by atoms with Gasteiger partial charge in [-0.1, -0.05) is 6.07 Å². The molecule has 0 spiro atoms. The number of benzene rings is 1. The molecule has 2 fully saturated rings. The molecule has 1 aromatic rings. The number of non-ortho nitro benzene ring substituents is 1. The van der Waals surface area contributed by atoms with Crippen LogP contribution >= 0.6 is 0 Å². The second kappa shape index (κ2) is 7.29. The summed E-state index contributed by atoms with van der Waals surface area (Å²) in [5.74, 6) is 0.432.